The van der Waals surface area contributed by atoms with E-state index in [1.54, 1.807) is 14.1 Å². The maximum absolute atomic E-state index is 10.4. The summed E-state index contributed by atoms with van der Waals surface area (Å²) in [5.74, 6) is -0.153. The molecule has 0 aromatic heterocycles. The molecular weight excluding hydrogens is 106 g/mol. The standard InChI is InChI=1S/C5H9NO2/c1-6(2)5(8)3-4-7/h4H,3H2,1-2H3. The molecule has 46 valence electrons. The summed E-state index contributed by atoms with van der Waals surface area (Å²) < 4.78 is 0. The fraction of sp³-hybridized carbons (Fsp3) is 0.600. The lowest BCUT2D eigenvalue weighted by atomic mass is 10.4. The summed E-state index contributed by atoms with van der Waals surface area (Å²) in [4.78, 5) is 21.5. The molecule has 0 aliphatic heterocycles. The number of amides is 1. The van der Waals surface area contributed by atoms with Crippen LogP contribution in [0.25, 0.3) is 0 Å². The van der Waals surface area contributed by atoms with Crippen molar-refractivity contribution >= 4 is 12.2 Å². The topological polar surface area (TPSA) is 37.4 Å². The second-order valence-corrected chi connectivity index (χ2v) is 1.66. The summed E-state index contributed by atoms with van der Waals surface area (Å²) in [7, 11) is 3.23. The van der Waals surface area contributed by atoms with Crippen LogP contribution in [0.4, 0.5) is 0 Å². The quantitative estimate of drug-likeness (QED) is 0.365. The maximum atomic E-state index is 10.4. The van der Waals surface area contributed by atoms with E-state index in [4.69, 9.17) is 0 Å². The number of carbonyl (C=O) groups is 2. The van der Waals surface area contributed by atoms with Gasteiger partial charge in [-0.1, -0.05) is 0 Å². The van der Waals surface area contributed by atoms with Crippen LogP contribution in [0.1, 0.15) is 6.42 Å². The van der Waals surface area contributed by atoms with Crippen LogP contribution < -0.4 is 0 Å². The first-order valence-corrected chi connectivity index (χ1v) is 2.32. The lowest BCUT2D eigenvalue weighted by molar-refractivity contribution is -0.130. The number of nitrogens with zero attached hydrogens (tertiary/aromatic N) is 1. The number of hydrogen-bond acceptors (Lipinski definition) is 2. The summed E-state index contributed by atoms with van der Waals surface area (Å²) in [6.45, 7) is 0. The predicted molar refractivity (Wildman–Crippen MR) is 29.4 cm³/mol. The van der Waals surface area contributed by atoms with Crippen molar-refractivity contribution in [3.05, 3.63) is 0 Å². The average Bonchev–Trinajstić information content (AvgIpc) is 1.67. The molecule has 8 heavy (non-hydrogen) atoms. The Kier molecular flexibility index (Phi) is 2.84. The third-order valence-electron chi connectivity index (χ3n) is 0.757. The number of aldehydes is 1. The van der Waals surface area contributed by atoms with Gasteiger partial charge < -0.3 is 9.69 Å². The van der Waals surface area contributed by atoms with E-state index in [2.05, 4.69) is 0 Å². The van der Waals surface area contributed by atoms with Crippen LogP contribution in [0, 0.1) is 0 Å². The fourth-order valence-corrected chi connectivity index (χ4v) is 0.254. The monoisotopic (exact) mass is 115 g/mol. The van der Waals surface area contributed by atoms with Gasteiger partial charge in [0.25, 0.3) is 0 Å². The molecule has 0 atom stereocenters. The van der Waals surface area contributed by atoms with Crippen LogP contribution in [0.3, 0.4) is 0 Å². The van der Waals surface area contributed by atoms with Gasteiger partial charge in [0.2, 0.25) is 5.91 Å². The van der Waals surface area contributed by atoms with E-state index >= 15 is 0 Å². The third-order valence-corrected chi connectivity index (χ3v) is 0.757. The maximum Gasteiger partial charge on any atom is 0.229 e. The van der Waals surface area contributed by atoms with Gasteiger partial charge in [0.15, 0.2) is 0 Å². The van der Waals surface area contributed by atoms with Crippen molar-refractivity contribution in [1.82, 2.24) is 4.90 Å². The third kappa shape index (κ3) is 2.34. The summed E-state index contributed by atoms with van der Waals surface area (Å²) in [5, 5.41) is 0. The molecule has 0 heterocycles. The van der Waals surface area contributed by atoms with Crippen molar-refractivity contribution in [3.63, 3.8) is 0 Å². The molecule has 0 aliphatic carbocycles. The van der Waals surface area contributed by atoms with E-state index in [1.807, 2.05) is 0 Å². The van der Waals surface area contributed by atoms with E-state index in [-0.39, 0.29) is 12.3 Å². The Labute approximate surface area is 48.3 Å². The van der Waals surface area contributed by atoms with Gasteiger partial charge in [-0.05, 0) is 0 Å². The van der Waals surface area contributed by atoms with Crippen molar-refractivity contribution in [3.8, 4) is 0 Å². The van der Waals surface area contributed by atoms with Crippen molar-refractivity contribution in [1.29, 1.82) is 0 Å². The lowest BCUT2D eigenvalue weighted by Crippen LogP contribution is -2.21. The molecule has 0 fully saturated rings. The molecule has 0 aliphatic rings. The second kappa shape index (κ2) is 3.18. The van der Waals surface area contributed by atoms with Gasteiger partial charge >= 0.3 is 0 Å². The van der Waals surface area contributed by atoms with Crippen LogP contribution >= 0.6 is 0 Å². The number of hydrogen-bond donors (Lipinski definition) is 0. The zero-order valence-electron chi connectivity index (χ0n) is 5.05. The molecule has 0 aromatic carbocycles. The molecule has 1 amide bonds. The van der Waals surface area contributed by atoms with Gasteiger partial charge in [-0.3, -0.25) is 4.79 Å². The molecular formula is C5H9NO2. The highest BCUT2D eigenvalue weighted by Gasteiger charge is 1.99. The van der Waals surface area contributed by atoms with Crippen LogP contribution in [-0.2, 0) is 9.59 Å². The minimum absolute atomic E-state index is 0.00694. The Morgan fingerprint density at radius 1 is 1.62 bits per heavy atom. The summed E-state index contributed by atoms with van der Waals surface area (Å²) in [5.41, 5.74) is 0. The van der Waals surface area contributed by atoms with Gasteiger partial charge in [0, 0.05) is 14.1 Å². The zero-order valence-corrected chi connectivity index (χ0v) is 5.05. The first kappa shape index (κ1) is 7.14. The number of rotatable bonds is 2. The van der Waals surface area contributed by atoms with Crippen LogP contribution in [0.5, 0.6) is 0 Å². The van der Waals surface area contributed by atoms with Crippen LogP contribution in [0.2, 0.25) is 0 Å². The highest BCUT2D eigenvalue weighted by molar-refractivity contribution is 5.87. The molecule has 0 radical (unpaired) electrons. The summed E-state index contributed by atoms with van der Waals surface area (Å²) >= 11 is 0. The molecule has 3 heteroatoms. The molecule has 0 bridgehead atoms. The van der Waals surface area contributed by atoms with Crippen molar-refractivity contribution in [2.75, 3.05) is 14.1 Å². The highest BCUT2D eigenvalue weighted by atomic mass is 16.2. The van der Waals surface area contributed by atoms with Crippen LogP contribution in [0.15, 0.2) is 0 Å². The molecule has 0 aromatic rings. The molecule has 0 rings (SSSR count). The molecule has 3 nitrogen and oxygen atoms in total. The summed E-state index contributed by atoms with van der Waals surface area (Å²) in [6, 6.07) is 0. The molecule has 0 spiro atoms. The van der Waals surface area contributed by atoms with E-state index in [9.17, 15) is 9.59 Å². The largest absolute Gasteiger partial charge is 0.348 e. The lowest BCUT2D eigenvalue weighted by Gasteiger charge is -2.05. The summed E-state index contributed by atoms with van der Waals surface area (Å²) in [6.07, 6.45) is 0.593. The fourth-order valence-electron chi connectivity index (χ4n) is 0.254. The van der Waals surface area contributed by atoms with Gasteiger partial charge in [-0.2, -0.15) is 0 Å². The first-order valence-electron chi connectivity index (χ1n) is 2.32. The van der Waals surface area contributed by atoms with E-state index in [1.165, 1.54) is 4.90 Å². The van der Waals surface area contributed by atoms with Gasteiger partial charge in [-0.15, -0.1) is 0 Å². The SMILES string of the molecule is CN(C)C(=O)CC=O. The molecule has 0 N–H and O–H groups in total. The van der Waals surface area contributed by atoms with Crippen molar-refractivity contribution in [2.24, 2.45) is 0 Å². The second-order valence-electron chi connectivity index (χ2n) is 1.66. The Balaban J connectivity index is 3.48. The van der Waals surface area contributed by atoms with Crippen molar-refractivity contribution in [2.45, 2.75) is 6.42 Å². The highest BCUT2D eigenvalue weighted by Crippen LogP contribution is 1.80. The molecule has 0 unspecified atom stereocenters. The number of carbonyl (C=O) groups excluding carboxylic acids is 2. The van der Waals surface area contributed by atoms with E-state index < -0.39 is 0 Å². The Morgan fingerprint density at radius 3 is 2.25 bits per heavy atom. The Bertz CT molecular complexity index is 98.6. The normalized spacial score (nSPS) is 8.25. The smallest absolute Gasteiger partial charge is 0.229 e. The first-order chi connectivity index (χ1) is 3.68. The predicted octanol–water partition coefficient (Wildman–Crippen LogP) is -0.336. The Hall–Kier alpha value is -0.860. The van der Waals surface area contributed by atoms with Gasteiger partial charge in [0.05, 0.1) is 6.42 Å². The minimum atomic E-state index is -0.153. The molecule has 0 saturated heterocycles. The van der Waals surface area contributed by atoms with Gasteiger partial charge in [-0.25, -0.2) is 0 Å². The molecule has 0 saturated carbocycles. The van der Waals surface area contributed by atoms with E-state index in [0.717, 1.165) is 0 Å². The average molecular weight is 115 g/mol. The van der Waals surface area contributed by atoms with Crippen LogP contribution in [-0.4, -0.2) is 31.2 Å². The van der Waals surface area contributed by atoms with Gasteiger partial charge in [0.1, 0.15) is 6.29 Å². The minimum Gasteiger partial charge on any atom is -0.348 e. The zero-order chi connectivity index (χ0) is 6.57. The van der Waals surface area contributed by atoms with Crippen molar-refractivity contribution < 1.29 is 9.59 Å². The Morgan fingerprint density at radius 2 is 2.12 bits per heavy atom. The van der Waals surface area contributed by atoms with E-state index in [0.29, 0.717) is 6.29 Å².